The maximum Gasteiger partial charge on any atom is 0.433 e. The Kier molecular flexibility index (Phi) is 4.01. The summed E-state index contributed by atoms with van der Waals surface area (Å²) in [5.74, 6) is -1.73. The number of amides is 1. The summed E-state index contributed by atoms with van der Waals surface area (Å²) in [7, 11) is 0. The molecule has 1 saturated heterocycles. The largest absolute Gasteiger partial charge is 0.481 e. The normalized spacial score (nSPS) is 24.2. The molecule has 0 bridgehead atoms. The van der Waals surface area contributed by atoms with E-state index in [4.69, 9.17) is 0 Å². The van der Waals surface area contributed by atoms with Gasteiger partial charge in [-0.15, -0.1) is 0 Å². The van der Waals surface area contributed by atoms with Crippen molar-refractivity contribution in [3.63, 3.8) is 0 Å². The highest BCUT2D eigenvalue weighted by Gasteiger charge is 2.47. The van der Waals surface area contributed by atoms with E-state index < -0.39 is 29.7 Å². The summed E-state index contributed by atoms with van der Waals surface area (Å²) >= 11 is 0. The van der Waals surface area contributed by atoms with E-state index in [9.17, 15) is 27.9 Å². The first kappa shape index (κ1) is 16.7. The van der Waals surface area contributed by atoms with Crippen molar-refractivity contribution in [3.05, 3.63) is 29.1 Å². The van der Waals surface area contributed by atoms with Crippen LogP contribution in [0.2, 0.25) is 0 Å². The first-order chi connectivity index (χ1) is 11.2. The Morgan fingerprint density at radius 3 is 2.42 bits per heavy atom. The third kappa shape index (κ3) is 3.09. The molecule has 1 saturated carbocycles. The minimum atomic E-state index is -4.56. The Balaban J connectivity index is 1.81. The molecule has 130 valence electrons. The quantitative estimate of drug-likeness (QED) is 0.917. The molecular weight excluding hydrogens is 325 g/mol. The standard InChI is InChI=1S/C16H17F3N2O3/c1-8-10(4-5-13(20-8)16(17,18)19)14(22)21-6-11(9-2-3-9)12(7-21)15(23)24/h4-5,9,11-12H,2-3,6-7H2,1H3,(H,23,24)/t11-,12+/m1/s1. The van der Waals surface area contributed by atoms with E-state index in [1.165, 1.54) is 11.8 Å². The lowest BCUT2D eigenvalue weighted by atomic mass is 9.92. The number of alkyl halides is 3. The van der Waals surface area contributed by atoms with Gasteiger partial charge in [0, 0.05) is 13.1 Å². The molecule has 0 aromatic carbocycles. The van der Waals surface area contributed by atoms with Crippen LogP contribution in [-0.2, 0) is 11.0 Å². The van der Waals surface area contributed by atoms with E-state index in [-0.39, 0.29) is 23.7 Å². The average molecular weight is 342 g/mol. The molecule has 1 amide bonds. The van der Waals surface area contributed by atoms with Crippen LogP contribution in [0.5, 0.6) is 0 Å². The van der Waals surface area contributed by atoms with Gasteiger partial charge < -0.3 is 10.0 Å². The molecule has 2 fully saturated rings. The van der Waals surface area contributed by atoms with Gasteiger partial charge in [-0.2, -0.15) is 13.2 Å². The predicted octanol–water partition coefficient (Wildman–Crippen LogP) is 2.59. The number of carboxylic acids is 1. The third-order valence-corrected chi connectivity index (χ3v) is 4.80. The fraction of sp³-hybridized carbons (Fsp3) is 0.562. The molecule has 2 atom stereocenters. The van der Waals surface area contributed by atoms with Crippen molar-refractivity contribution in [1.82, 2.24) is 9.88 Å². The number of likely N-dealkylation sites (tertiary alicyclic amines) is 1. The smallest absolute Gasteiger partial charge is 0.433 e. The molecule has 1 N–H and O–H groups in total. The Hall–Kier alpha value is -2.12. The molecule has 0 radical (unpaired) electrons. The molecule has 1 aliphatic carbocycles. The molecule has 0 unspecified atom stereocenters. The first-order valence-corrected chi connectivity index (χ1v) is 7.75. The maximum atomic E-state index is 12.7. The number of carbonyl (C=O) groups excluding carboxylic acids is 1. The molecule has 1 aliphatic heterocycles. The Morgan fingerprint density at radius 2 is 1.92 bits per heavy atom. The number of hydrogen-bond acceptors (Lipinski definition) is 3. The Labute approximate surface area is 136 Å². The van der Waals surface area contributed by atoms with Gasteiger partial charge in [-0.3, -0.25) is 9.59 Å². The van der Waals surface area contributed by atoms with Crippen molar-refractivity contribution in [1.29, 1.82) is 0 Å². The van der Waals surface area contributed by atoms with Crippen LogP contribution in [0, 0.1) is 24.7 Å². The van der Waals surface area contributed by atoms with E-state index in [1.54, 1.807) is 0 Å². The van der Waals surface area contributed by atoms with Crippen molar-refractivity contribution in [2.45, 2.75) is 25.9 Å². The molecule has 1 aromatic rings. The Morgan fingerprint density at radius 1 is 1.25 bits per heavy atom. The fourth-order valence-corrected chi connectivity index (χ4v) is 3.37. The molecule has 3 rings (SSSR count). The van der Waals surface area contributed by atoms with Gasteiger partial charge in [-0.05, 0) is 43.7 Å². The number of aryl methyl sites for hydroxylation is 1. The number of nitrogens with zero attached hydrogens (tertiary/aromatic N) is 2. The number of halogens is 3. The number of aromatic nitrogens is 1. The topological polar surface area (TPSA) is 70.5 Å². The molecular formula is C16H17F3N2O3. The van der Waals surface area contributed by atoms with Crippen molar-refractivity contribution < 1.29 is 27.9 Å². The number of carboxylic acid groups (broad SMARTS) is 1. The molecule has 2 heterocycles. The molecule has 2 aliphatic rings. The van der Waals surface area contributed by atoms with Crippen LogP contribution in [-0.4, -0.2) is 40.0 Å². The second-order valence-electron chi connectivity index (χ2n) is 6.48. The molecule has 5 nitrogen and oxygen atoms in total. The number of pyridine rings is 1. The van der Waals surface area contributed by atoms with Crippen LogP contribution in [0.4, 0.5) is 13.2 Å². The summed E-state index contributed by atoms with van der Waals surface area (Å²) in [6.07, 6.45) is -2.62. The summed E-state index contributed by atoms with van der Waals surface area (Å²) in [6.45, 7) is 1.78. The van der Waals surface area contributed by atoms with Crippen molar-refractivity contribution >= 4 is 11.9 Å². The van der Waals surface area contributed by atoms with Gasteiger partial charge in [0.25, 0.3) is 5.91 Å². The first-order valence-electron chi connectivity index (χ1n) is 7.75. The fourth-order valence-electron chi connectivity index (χ4n) is 3.37. The van der Waals surface area contributed by atoms with Crippen molar-refractivity contribution in [2.75, 3.05) is 13.1 Å². The van der Waals surface area contributed by atoms with Gasteiger partial charge in [-0.1, -0.05) is 0 Å². The lowest BCUT2D eigenvalue weighted by Crippen LogP contribution is -2.30. The molecule has 1 aromatic heterocycles. The van der Waals surface area contributed by atoms with Crippen molar-refractivity contribution in [2.24, 2.45) is 17.8 Å². The van der Waals surface area contributed by atoms with Crippen LogP contribution >= 0.6 is 0 Å². The van der Waals surface area contributed by atoms with Crippen LogP contribution in [0.3, 0.4) is 0 Å². The lowest BCUT2D eigenvalue weighted by molar-refractivity contribution is -0.143. The van der Waals surface area contributed by atoms with E-state index in [1.807, 2.05) is 0 Å². The van der Waals surface area contributed by atoms with Crippen LogP contribution in [0.1, 0.15) is 34.6 Å². The second kappa shape index (κ2) is 5.75. The molecule has 0 spiro atoms. The summed E-state index contributed by atoms with van der Waals surface area (Å²) in [4.78, 5) is 28.9. The molecule has 24 heavy (non-hydrogen) atoms. The number of rotatable bonds is 3. The van der Waals surface area contributed by atoms with Gasteiger partial charge in [0.05, 0.1) is 17.2 Å². The van der Waals surface area contributed by atoms with Crippen LogP contribution in [0.15, 0.2) is 12.1 Å². The lowest BCUT2D eigenvalue weighted by Gasteiger charge is -2.18. The number of hydrogen-bond donors (Lipinski definition) is 1. The van der Waals surface area contributed by atoms with Gasteiger partial charge >= 0.3 is 12.1 Å². The van der Waals surface area contributed by atoms with Crippen LogP contribution < -0.4 is 0 Å². The zero-order chi connectivity index (χ0) is 17.6. The highest BCUT2D eigenvalue weighted by atomic mass is 19.4. The minimum absolute atomic E-state index is 0.00317. The van der Waals surface area contributed by atoms with Gasteiger partial charge in [0.15, 0.2) is 0 Å². The maximum absolute atomic E-state index is 12.7. The predicted molar refractivity (Wildman–Crippen MR) is 77.2 cm³/mol. The summed E-state index contributed by atoms with van der Waals surface area (Å²) in [5.41, 5.74) is -0.961. The van der Waals surface area contributed by atoms with E-state index in [0.29, 0.717) is 12.5 Å². The zero-order valence-corrected chi connectivity index (χ0v) is 13.0. The minimum Gasteiger partial charge on any atom is -0.481 e. The summed E-state index contributed by atoms with van der Waals surface area (Å²) < 4.78 is 38.0. The number of carbonyl (C=O) groups is 2. The van der Waals surface area contributed by atoms with Gasteiger partial charge in [0.2, 0.25) is 0 Å². The van der Waals surface area contributed by atoms with E-state index in [0.717, 1.165) is 25.0 Å². The zero-order valence-electron chi connectivity index (χ0n) is 13.0. The highest BCUT2D eigenvalue weighted by Crippen LogP contribution is 2.44. The van der Waals surface area contributed by atoms with E-state index >= 15 is 0 Å². The van der Waals surface area contributed by atoms with Crippen molar-refractivity contribution in [3.8, 4) is 0 Å². The summed E-state index contributed by atoms with van der Waals surface area (Å²) in [6, 6.07) is 1.90. The van der Waals surface area contributed by atoms with Gasteiger partial charge in [0.1, 0.15) is 5.69 Å². The van der Waals surface area contributed by atoms with E-state index in [2.05, 4.69) is 4.98 Å². The Bertz CT molecular complexity index is 686. The second-order valence-corrected chi connectivity index (χ2v) is 6.48. The highest BCUT2D eigenvalue weighted by molar-refractivity contribution is 5.95. The summed E-state index contributed by atoms with van der Waals surface area (Å²) in [5, 5.41) is 9.34. The molecule has 8 heteroatoms. The SMILES string of the molecule is Cc1nc(C(F)(F)F)ccc1C(=O)N1C[C@H](C(=O)O)[C@@H](C2CC2)C1. The third-order valence-electron chi connectivity index (χ3n) is 4.80. The number of aliphatic carboxylic acids is 1. The average Bonchev–Trinajstić information content (AvgIpc) is 3.23. The van der Waals surface area contributed by atoms with Gasteiger partial charge in [-0.25, -0.2) is 4.98 Å². The monoisotopic (exact) mass is 342 g/mol. The van der Waals surface area contributed by atoms with Crippen LogP contribution in [0.25, 0.3) is 0 Å².